The van der Waals surface area contributed by atoms with Gasteiger partial charge in [0.05, 0.1) is 0 Å². The number of nitrogens with two attached hydrogens (primary N) is 1. The van der Waals surface area contributed by atoms with E-state index in [1.807, 2.05) is 6.92 Å². The van der Waals surface area contributed by atoms with Gasteiger partial charge in [-0.15, -0.1) is 0 Å². The van der Waals surface area contributed by atoms with Crippen LogP contribution >= 0.6 is 0 Å². The topological polar surface area (TPSA) is 63.8 Å². The highest BCUT2D eigenvalue weighted by atomic mass is 14.9. The van der Waals surface area contributed by atoms with Crippen LogP contribution in [0, 0.1) is 6.92 Å². The van der Waals surface area contributed by atoms with Gasteiger partial charge in [-0.2, -0.15) is 0 Å². The summed E-state index contributed by atoms with van der Waals surface area (Å²) in [5, 5.41) is 3.34. The molecule has 0 aliphatic carbocycles. The van der Waals surface area contributed by atoms with Crippen molar-refractivity contribution in [3.63, 3.8) is 0 Å². The van der Waals surface area contributed by atoms with Crippen molar-refractivity contribution in [2.75, 3.05) is 18.8 Å². The van der Waals surface area contributed by atoms with E-state index in [1.165, 1.54) is 6.33 Å². The predicted octanol–water partition coefficient (Wildman–Crippen LogP) is 0.834. The summed E-state index contributed by atoms with van der Waals surface area (Å²) in [4.78, 5) is 8.27. The molecule has 0 aromatic carbocycles. The molecule has 0 spiro atoms. The lowest BCUT2D eigenvalue weighted by molar-refractivity contribution is 0.458. The van der Waals surface area contributed by atoms with Crippen molar-refractivity contribution in [3.8, 4) is 0 Å². The molecule has 14 heavy (non-hydrogen) atoms. The third-order valence-electron chi connectivity index (χ3n) is 2.86. The molecule has 1 aromatic heterocycles. The molecule has 2 rings (SSSR count). The normalized spacial score (nSPS) is 18.4. The standard InChI is InChI=1S/C10H16N4/c1-7-9(10(11)14-6-13-7)8-2-4-12-5-3-8/h6,8,12H,2-5H2,1H3,(H2,11,13,14). The highest BCUT2D eigenvalue weighted by Crippen LogP contribution is 2.29. The van der Waals surface area contributed by atoms with Gasteiger partial charge >= 0.3 is 0 Å². The van der Waals surface area contributed by atoms with Crippen molar-refractivity contribution in [1.82, 2.24) is 15.3 Å². The summed E-state index contributed by atoms with van der Waals surface area (Å²) in [6.07, 6.45) is 3.81. The zero-order chi connectivity index (χ0) is 9.97. The number of nitrogens with one attached hydrogen (secondary N) is 1. The van der Waals surface area contributed by atoms with E-state index in [9.17, 15) is 0 Å². The Labute approximate surface area is 83.9 Å². The lowest BCUT2D eigenvalue weighted by Gasteiger charge is -2.24. The van der Waals surface area contributed by atoms with Crippen molar-refractivity contribution in [3.05, 3.63) is 17.6 Å². The molecule has 0 unspecified atom stereocenters. The fourth-order valence-corrected chi connectivity index (χ4v) is 2.12. The first-order valence-electron chi connectivity index (χ1n) is 5.06. The molecule has 0 saturated carbocycles. The van der Waals surface area contributed by atoms with Gasteiger partial charge in [0.15, 0.2) is 0 Å². The molecule has 4 heteroatoms. The summed E-state index contributed by atoms with van der Waals surface area (Å²) >= 11 is 0. The SMILES string of the molecule is Cc1ncnc(N)c1C1CCNCC1. The molecule has 1 aliphatic rings. The van der Waals surface area contributed by atoms with Crippen LogP contribution in [-0.4, -0.2) is 23.1 Å². The summed E-state index contributed by atoms with van der Waals surface area (Å²) in [7, 11) is 0. The molecule has 1 fully saturated rings. The van der Waals surface area contributed by atoms with E-state index >= 15 is 0 Å². The van der Waals surface area contributed by atoms with Crippen molar-refractivity contribution in [1.29, 1.82) is 0 Å². The number of rotatable bonds is 1. The first kappa shape index (κ1) is 9.40. The number of anilines is 1. The number of aromatic nitrogens is 2. The Balaban J connectivity index is 2.29. The zero-order valence-corrected chi connectivity index (χ0v) is 8.45. The largest absolute Gasteiger partial charge is 0.383 e. The van der Waals surface area contributed by atoms with Gasteiger partial charge in [-0.05, 0) is 38.8 Å². The molecule has 76 valence electrons. The van der Waals surface area contributed by atoms with E-state index < -0.39 is 0 Å². The van der Waals surface area contributed by atoms with Gasteiger partial charge in [0, 0.05) is 11.3 Å². The Morgan fingerprint density at radius 3 is 2.71 bits per heavy atom. The minimum atomic E-state index is 0.539. The Kier molecular flexibility index (Phi) is 2.63. The van der Waals surface area contributed by atoms with E-state index in [-0.39, 0.29) is 0 Å². The van der Waals surface area contributed by atoms with Gasteiger partial charge < -0.3 is 11.1 Å². The summed E-state index contributed by atoms with van der Waals surface area (Å²) in [5.41, 5.74) is 8.07. The second-order valence-corrected chi connectivity index (χ2v) is 3.78. The summed E-state index contributed by atoms with van der Waals surface area (Å²) in [6, 6.07) is 0. The molecule has 0 atom stereocenters. The minimum absolute atomic E-state index is 0.539. The van der Waals surface area contributed by atoms with E-state index in [2.05, 4.69) is 15.3 Å². The lowest BCUT2D eigenvalue weighted by Crippen LogP contribution is -2.27. The molecule has 0 amide bonds. The number of nitrogen functional groups attached to an aromatic ring is 1. The van der Waals surface area contributed by atoms with Crippen molar-refractivity contribution >= 4 is 5.82 Å². The number of aryl methyl sites for hydroxylation is 1. The third kappa shape index (κ3) is 1.70. The van der Waals surface area contributed by atoms with Gasteiger partial charge in [0.25, 0.3) is 0 Å². The van der Waals surface area contributed by atoms with Crippen LogP contribution in [0.25, 0.3) is 0 Å². The molecular formula is C10H16N4. The van der Waals surface area contributed by atoms with Crippen LogP contribution in [0.1, 0.15) is 30.0 Å². The van der Waals surface area contributed by atoms with Crippen LogP contribution < -0.4 is 11.1 Å². The molecule has 0 radical (unpaired) electrons. The predicted molar refractivity (Wildman–Crippen MR) is 56.0 cm³/mol. The minimum Gasteiger partial charge on any atom is -0.383 e. The van der Waals surface area contributed by atoms with Gasteiger partial charge in [0.2, 0.25) is 0 Å². The molecule has 2 heterocycles. The van der Waals surface area contributed by atoms with Crippen LogP contribution in [0.4, 0.5) is 5.82 Å². The number of hydrogen-bond donors (Lipinski definition) is 2. The summed E-state index contributed by atoms with van der Waals surface area (Å²) < 4.78 is 0. The quantitative estimate of drug-likeness (QED) is 0.692. The summed E-state index contributed by atoms with van der Waals surface area (Å²) in [6.45, 7) is 4.15. The van der Waals surface area contributed by atoms with Crippen molar-refractivity contribution in [2.24, 2.45) is 0 Å². The zero-order valence-electron chi connectivity index (χ0n) is 8.45. The number of nitrogens with zero attached hydrogens (tertiary/aromatic N) is 2. The Hall–Kier alpha value is -1.16. The van der Waals surface area contributed by atoms with Gasteiger partial charge in [-0.25, -0.2) is 9.97 Å². The van der Waals surface area contributed by atoms with Gasteiger partial charge in [-0.1, -0.05) is 0 Å². The maximum Gasteiger partial charge on any atom is 0.130 e. The Morgan fingerprint density at radius 2 is 2.07 bits per heavy atom. The lowest BCUT2D eigenvalue weighted by atomic mass is 9.89. The molecular weight excluding hydrogens is 176 g/mol. The first-order valence-corrected chi connectivity index (χ1v) is 5.06. The van der Waals surface area contributed by atoms with Crippen molar-refractivity contribution < 1.29 is 0 Å². The highest BCUT2D eigenvalue weighted by Gasteiger charge is 2.20. The van der Waals surface area contributed by atoms with E-state index in [0.717, 1.165) is 37.2 Å². The molecule has 3 N–H and O–H groups in total. The second kappa shape index (κ2) is 3.92. The number of piperidine rings is 1. The third-order valence-corrected chi connectivity index (χ3v) is 2.86. The monoisotopic (exact) mass is 192 g/mol. The number of hydrogen-bond acceptors (Lipinski definition) is 4. The van der Waals surface area contributed by atoms with Crippen LogP contribution in [-0.2, 0) is 0 Å². The molecule has 4 nitrogen and oxygen atoms in total. The van der Waals surface area contributed by atoms with E-state index in [1.54, 1.807) is 0 Å². The van der Waals surface area contributed by atoms with Gasteiger partial charge in [-0.3, -0.25) is 0 Å². The average Bonchev–Trinajstić information content (AvgIpc) is 2.19. The first-order chi connectivity index (χ1) is 6.79. The van der Waals surface area contributed by atoms with Gasteiger partial charge in [0.1, 0.15) is 12.1 Å². The maximum atomic E-state index is 5.88. The molecule has 0 bridgehead atoms. The maximum absolute atomic E-state index is 5.88. The van der Waals surface area contributed by atoms with E-state index in [0.29, 0.717) is 11.7 Å². The van der Waals surface area contributed by atoms with Crippen molar-refractivity contribution in [2.45, 2.75) is 25.7 Å². The second-order valence-electron chi connectivity index (χ2n) is 3.78. The van der Waals surface area contributed by atoms with E-state index in [4.69, 9.17) is 5.73 Å². The highest BCUT2D eigenvalue weighted by molar-refractivity contribution is 5.43. The Bertz CT molecular complexity index is 298. The van der Waals surface area contributed by atoms with Crippen LogP contribution in [0.2, 0.25) is 0 Å². The molecule has 1 saturated heterocycles. The molecule has 1 aliphatic heterocycles. The average molecular weight is 192 g/mol. The smallest absolute Gasteiger partial charge is 0.130 e. The van der Waals surface area contributed by atoms with Crippen LogP contribution in [0.15, 0.2) is 6.33 Å². The molecule has 1 aromatic rings. The summed E-state index contributed by atoms with van der Waals surface area (Å²) in [5.74, 6) is 1.20. The Morgan fingerprint density at radius 1 is 1.36 bits per heavy atom. The van der Waals surface area contributed by atoms with Crippen LogP contribution in [0.5, 0.6) is 0 Å². The van der Waals surface area contributed by atoms with Crippen LogP contribution in [0.3, 0.4) is 0 Å². The fourth-order valence-electron chi connectivity index (χ4n) is 2.12. The fraction of sp³-hybridized carbons (Fsp3) is 0.600.